The minimum Gasteiger partial charge on any atom is -0.378 e. The average molecular weight is 402 g/mol. The first-order valence-corrected chi connectivity index (χ1v) is 11.4. The molecule has 7 heteroatoms. The summed E-state index contributed by atoms with van der Waals surface area (Å²) in [5, 5.41) is 0. The second kappa shape index (κ2) is 8.51. The Morgan fingerprint density at radius 2 is 1.32 bits per heavy atom. The number of hydrogen-bond donors (Lipinski definition) is 1. The predicted molar refractivity (Wildman–Crippen MR) is 111 cm³/mol. The lowest BCUT2D eigenvalue weighted by Gasteiger charge is -2.28. The number of ether oxygens (including phenoxy) is 1. The van der Waals surface area contributed by atoms with Gasteiger partial charge in [-0.2, -0.15) is 0 Å². The lowest BCUT2D eigenvalue weighted by atomic mass is 10.2. The highest BCUT2D eigenvalue weighted by atomic mass is 32.2. The zero-order chi connectivity index (χ0) is 19.4. The van der Waals surface area contributed by atoms with Gasteiger partial charge in [0.25, 0.3) is 0 Å². The zero-order valence-corrected chi connectivity index (χ0v) is 16.8. The molecule has 0 atom stereocenters. The Kier molecular flexibility index (Phi) is 5.85. The average Bonchev–Trinajstić information content (AvgIpc) is 3.28. The molecule has 4 rings (SSSR count). The Labute approximate surface area is 167 Å². The van der Waals surface area contributed by atoms with Gasteiger partial charge in [-0.3, -0.25) is 0 Å². The molecule has 0 spiro atoms. The van der Waals surface area contributed by atoms with Gasteiger partial charge in [0.1, 0.15) is 0 Å². The molecule has 0 bridgehead atoms. The summed E-state index contributed by atoms with van der Waals surface area (Å²) in [6.45, 7) is 5.64. The molecule has 2 aliphatic heterocycles. The molecule has 0 radical (unpaired) electrons. The van der Waals surface area contributed by atoms with Gasteiger partial charge in [0.15, 0.2) is 0 Å². The molecule has 2 aromatic rings. The fraction of sp³-hybridized carbons (Fsp3) is 0.429. The van der Waals surface area contributed by atoms with E-state index < -0.39 is 10.0 Å². The first-order valence-electron chi connectivity index (χ1n) is 9.88. The van der Waals surface area contributed by atoms with Crippen molar-refractivity contribution in [1.82, 2.24) is 4.72 Å². The van der Waals surface area contributed by atoms with Gasteiger partial charge in [-0.15, -0.1) is 0 Å². The van der Waals surface area contributed by atoms with Crippen molar-refractivity contribution in [2.75, 3.05) is 49.2 Å². The van der Waals surface area contributed by atoms with Crippen molar-refractivity contribution < 1.29 is 13.2 Å². The molecule has 0 aromatic heterocycles. The minimum absolute atomic E-state index is 0.277. The SMILES string of the molecule is O=S(=O)(NCc1ccc(N2CCOCC2)cc1)c1ccc(N2CCCC2)cc1. The largest absolute Gasteiger partial charge is 0.378 e. The molecule has 0 aliphatic carbocycles. The molecule has 28 heavy (non-hydrogen) atoms. The van der Waals surface area contributed by atoms with Gasteiger partial charge in [0.05, 0.1) is 18.1 Å². The Hall–Kier alpha value is -2.09. The van der Waals surface area contributed by atoms with Crippen molar-refractivity contribution in [2.24, 2.45) is 0 Å². The summed E-state index contributed by atoms with van der Waals surface area (Å²) in [6, 6.07) is 15.2. The maximum absolute atomic E-state index is 12.6. The van der Waals surface area contributed by atoms with Crippen LogP contribution in [0.1, 0.15) is 18.4 Å². The van der Waals surface area contributed by atoms with E-state index in [-0.39, 0.29) is 6.54 Å². The molecule has 2 aliphatic rings. The molecule has 6 nitrogen and oxygen atoms in total. The maximum atomic E-state index is 12.6. The van der Waals surface area contributed by atoms with Crippen LogP contribution in [0.2, 0.25) is 0 Å². The van der Waals surface area contributed by atoms with E-state index in [4.69, 9.17) is 4.74 Å². The topological polar surface area (TPSA) is 61.9 Å². The smallest absolute Gasteiger partial charge is 0.240 e. The first-order chi connectivity index (χ1) is 13.6. The normalized spacial score (nSPS) is 17.9. The van der Waals surface area contributed by atoms with Gasteiger partial charge in [-0.25, -0.2) is 13.1 Å². The van der Waals surface area contributed by atoms with E-state index in [2.05, 4.69) is 14.5 Å². The third-order valence-electron chi connectivity index (χ3n) is 5.40. The predicted octanol–water partition coefficient (Wildman–Crippen LogP) is 2.60. The summed E-state index contributed by atoms with van der Waals surface area (Å²) >= 11 is 0. The monoisotopic (exact) mass is 401 g/mol. The van der Waals surface area contributed by atoms with E-state index in [0.717, 1.165) is 56.3 Å². The Balaban J connectivity index is 1.36. The van der Waals surface area contributed by atoms with E-state index in [1.807, 2.05) is 36.4 Å². The summed E-state index contributed by atoms with van der Waals surface area (Å²) in [5.74, 6) is 0. The van der Waals surface area contributed by atoms with Gasteiger partial charge in [-0.1, -0.05) is 12.1 Å². The van der Waals surface area contributed by atoms with Crippen LogP contribution in [0.4, 0.5) is 11.4 Å². The summed E-state index contributed by atoms with van der Waals surface area (Å²) in [5.41, 5.74) is 3.18. The van der Waals surface area contributed by atoms with E-state index in [1.54, 1.807) is 12.1 Å². The molecule has 0 saturated carbocycles. The number of benzene rings is 2. The van der Waals surface area contributed by atoms with Crippen molar-refractivity contribution in [3.05, 3.63) is 54.1 Å². The third kappa shape index (κ3) is 4.48. The summed E-state index contributed by atoms with van der Waals surface area (Å²) < 4.78 is 33.3. The Morgan fingerprint density at radius 3 is 1.93 bits per heavy atom. The van der Waals surface area contributed by atoms with Crippen LogP contribution in [0.3, 0.4) is 0 Å². The molecular formula is C21H27N3O3S. The van der Waals surface area contributed by atoms with Crippen molar-refractivity contribution >= 4 is 21.4 Å². The lowest BCUT2D eigenvalue weighted by Crippen LogP contribution is -2.36. The summed E-state index contributed by atoms with van der Waals surface area (Å²) in [6.07, 6.45) is 2.40. The van der Waals surface area contributed by atoms with Crippen LogP contribution in [0, 0.1) is 0 Å². The lowest BCUT2D eigenvalue weighted by molar-refractivity contribution is 0.122. The van der Waals surface area contributed by atoms with Crippen LogP contribution < -0.4 is 14.5 Å². The van der Waals surface area contributed by atoms with Crippen LogP contribution in [0.15, 0.2) is 53.4 Å². The summed E-state index contributed by atoms with van der Waals surface area (Å²) in [4.78, 5) is 4.87. The van der Waals surface area contributed by atoms with Crippen LogP contribution in [0.5, 0.6) is 0 Å². The number of rotatable bonds is 6. The molecule has 0 unspecified atom stereocenters. The number of morpholine rings is 1. The van der Waals surface area contributed by atoms with E-state index in [0.29, 0.717) is 4.90 Å². The molecule has 0 amide bonds. The maximum Gasteiger partial charge on any atom is 0.240 e. The van der Waals surface area contributed by atoms with Gasteiger partial charge >= 0.3 is 0 Å². The molecule has 2 fully saturated rings. The van der Waals surface area contributed by atoms with Crippen LogP contribution in [-0.4, -0.2) is 47.8 Å². The number of nitrogens with one attached hydrogen (secondary N) is 1. The zero-order valence-electron chi connectivity index (χ0n) is 16.0. The highest BCUT2D eigenvalue weighted by molar-refractivity contribution is 7.89. The van der Waals surface area contributed by atoms with Crippen molar-refractivity contribution in [3.63, 3.8) is 0 Å². The third-order valence-corrected chi connectivity index (χ3v) is 6.81. The fourth-order valence-corrected chi connectivity index (χ4v) is 4.74. The second-order valence-corrected chi connectivity index (χ2v) is 9.05. The van der Waals surface area contributed by atoms with Gasteiger partial charge in [-0.05, 0) is 54.8 Å². The molecule has 2 saturated heterocycles. The highest BCUT2D eigenvalue weighted by Gasteiger charge is 2.17. The number of nitrogens with zero attached hydrogens (tertiary/aromatic N) is 2. The van der Waals surface area contributed by atoms with Gasteiger partial charge in [0, 0.05) is 44.1 Å². The van der Waals surface area contributed by atoms with Gasteiger partial charge in [0.2, 0.25) is 10.0 Å². The Morgan fingerprint density at radius 1 is 0.786 bits per heavy atom. The summed E-state index contributed by atoms with van der Waals surface area (Å²) in [7, 11) is -3.52. The fourth-order valence-electron chi connectivity index (χ4n) is 3.72. The standard InChI is InChI=1S/C21H27N3O3S/c25-28(26,21-9-7-20(8-10-21)23-11-1-2-12-23)22-17-18-3-5-19(6-4-18)24-13-15-27-16-14-24/h3-10,22H,1-2,11-17H2. The van der Waals surface area contributed by atoms with Gasteiger partial charge < -0.3 is 14.5 Å². The highest BCUT2D eigenvalue weighted by Crippen LogP contribution is 2.22. The Bertz CT molecular complexity index is 870. The quantitative estimate of drug-likeness (QED) is 0.806. The first kappa shape index (κ1) is 19.2. The molecule has 2 aromatic carbocycles. The number of hydrogen-bond acceptors (Lipinski definition) is 5. The van der Waals surface area contributed by atoms with E-state index >= 15 is 0 Å². The molecule has 150 valence electrons. The van der Waals surface area contributed by atoms with Crippen LogP contribution >= 0.6 is 0 Å². The second-order valence-electron chi connectivity index (χ2n) is 7.28. The van der Waals surface area contributed by atoms with E-state index in [9.17, 15) is 8.42 Å². The number of sulfonamides is 1. The van der Waals surface area contributed by atoms with Crippen LogP contribution in [0.25, 0.3) is 0 Å². The number of anilines is 2. The van der Waals surface area contributed by atoms with Crippen LogP contribution in [-0.2, 0) is 21.3 Å². The van der Waals surface area contributed by atoms with E-state index in [1.165, 1.54) is 12.8 Å². The van der Waals surface area contributed by atoms with Crippen molar-refractivity contribution in [3.8, 4) is 0 Å². The van der Waals surface area contributed by atoms with Crippen molar-refractivity contribution in [1.29, 1.82) is 0 Å². The molecule has 2 heterocycles. The molecular weight excluding hydrogens is 374 g/mol. The molecule has 1 N–H and O–H groups in total. The minimum atomic E-state index is -3.52. The van der Waals surface area contributed by atoms with Crippen molar-refractivity contribution in [2.45, 2.75) is 24.3 Å².